The van der Waals surface area contributed by atoms with Crippen molar-refractivity contribution in [1.82, 2.24) is 15.3 Å². The molecule has 8 nitrogen and oxygen atoms in total. The van der Waals surface area contributed by atoms with Crippen molar-refractivity contribution in [3.63, 3.8) is 0 Å². The van der Waals surface area contributed by atoms with Crippen LogP contribution in [0, 0.1) is 0 Å². The number of nitrogens with one attached hydrogen (secondary N) is 2. The molecule has 8 heteroatoms. The van der Waals surface area contributed by atoms with Gasteiger partial charge in [0.1, 0.15) is 11.9 Å². The Kier molecular flexibility index (Phi) is 6.59. The third-order valence-corrected chi connectivity index (χ3v) is 4.43. The number of hydrogen-bond donors (Lipinski definition) is 2. The summed E-state index contributed by atoms with van der Waals surface area (Å²) in [6.45, 7) is 0. The number of rotatable bonds is 7. The molecule has 2 N–H and O–H groups in total. The molecule has 0 bridgehead atoms. The first-order valence-corrected chi connectivity index (χ1v) is 9.19. The molecule has 0 spiro atoms. The van der Waals surface area contributed by atoms with Crippen LogP contribution in [0.1, 0.15) is 26.5 Å². The van der Waals surface area contributed by atoms with Crippen molar-refractivity contribution in [2.24, 2.45) is 0 Å². The van der Waals surface area contributed by atoms with Crippen LogP contribution in [0.2, 0.25) is 0 Å². The second-order valence-corrected chi connectivity index (χ2v) is 6.41. The van der Waals surface area contributed by atoms with E-state index in [1.807, 2.05) is 48.5 Å². The molecular weight excluding hydrogens is 386 g/mol. The smallest absolute Gasteiger partial charge is 0.357 e. The molecule has 2 aromatic carbocycles. The van der Waals surface area contributed by atoms with E-state index in [4.69, 9.17) is 9.47 Å². The summed E-state index contributed by atoms with van der Waals surface area (Å²) in [6.07, 6.45) is 0.225. The molecule has 0 fully saturated rings. The van der Waals surface area contributed by atoms with Gasteiger partial charge in [-0.3, -0.25) is 4.79 Å². The quantitative estimate of drug-likeness (QED) is 0.582. The molecule has 30 heavy (non-hydrogen) atoms. The molecule has 0 aliphatic heterocycles. The van der Waals surface area contributed by atoms with Crippen molar-refractivity contribution >= 4 is 17.8 Å². The maximum absolute atomic E-state index is 12.9. The third kappa shape index (κ3) is 4.72. The van der Waals surface area contributed by atoms with Crippen LogP contribution in [0.5, 0.6) is 0 Å². The predicted molar refractivity (Wildman–Crippen MR) is 109 cm³/mol. The fraction of sp³-hybridized carbons (Fsp3) is 0.182. The number of ether oxygens (including phenoxy) is 2. The number of H-pyrrole nitrogens is 1. The van der Waals surface area contributed by atoms with E-state index in [9.17, 15) is 14.4 Å². The maximum atomic E-state index is 12.9. The molecule has 1 aromatic heterocycles. The second kappa shape index (κ2) is 9.51. The van der Waals surface area contributed by atoms with Gasteiger partial charge in [0.05, 0.1) is 14.2 Å². The van der Waals surface area contributed by atoms with Crippen LogP contribution in [-0.2, 0) is 20.7 Å². The summed E-state index contributed by atoms with van der Waals surface area (Å²) in [5, 5.41) is 2.61. The third-order valence-electron chi connectivity index (χ3n) is 4.43. The van der Waals surface area contributed by atoms with Gasteiger partial charge in [0.15, 0.2) is 11.4 Å². The van der Waals surface area contributed by atoms with E-state index < -0.39 is 23.9 Å². The first kappa shape index (κ1) is 20.8. The van der Waals surface area contributed by atoms with Gasteiger partial charge >= 0.3 is 11.9 Å². The molecule has 3 aromatic rings. The molecule has 0 aliphatic carbocycles. The number of amides is 1. The Balaban J connectivity index is 1.90. The first-order valence-electron chi connectivity index (χ1n) is 9.19. The van der Waals surface area contributed by atoms with Crippen molar-refractivity contribution in [2.45, 2.75) is 12.5 Å². The van der Waals surface area contributed by atoms with E-state index >= 15 is 0 Å². The topological polar surface area (TPSA) is 110 Å². The summed E-state index contributed by atoms with van der Waals surface area (Å²) in [6, 6.07) is 17.3. The van der Waals surface area contributed by atoms with Crippen molar-refractivity contribution in [1.29, 1.82) is 0 Å². The molecule has 1 atom stereocenters. The maximum Gasteiger partial charge on any atom is 0.357 e. The number of carbonyl (C=O) groups is 3. The van der Waals surface area contributed by atoms with Gasteiger partial charge in [-0.1, -0.05) is 60.7 Å². The van der Waals surface area contributed by atoms with Gasteiger partial charge in [-0.2, -0.15) is 0 Å². The van der Waals surface area contributed by atoms with E-state index in [2.05, 4.69) is 15.3 Å². The van der Waals surface area contributed by atoms with E-state index in [0.29, 0.717) is 11.4 Å². The van der Waals surface area contributed by atoms with Crippen LogP contribution in [0.4, 0.5) is 0 Å². The molecule has 154 valence electrons. The number of esters is 2. The first-order chi connectivity index (χ1) is 14.5. The van der Waals surface area contributed by atoms with Crippen molar-refractivity contribution < 1.29 is 23.9 Å². The van der Waals surface area contributed by atoms with Gasteiger partial charge in [0, 0.05) is 12.0 Å². The van der Waals surface area contributed by atoms with Crippen LogP contribution in [0.3, 0.4) is 0 Å². The zero-order valence-electron chi connectivity index (χ0n) is 16.5. The number of imidazole rings is 1. The molecule has 0 saturated heterocycles. The summed E-state index contributed by atoms with van der Waals surface area (Å²) in [7, 11) is 2.45. The SMILES string of the molecule is COC(=O)c1[nH]c(-c2ccccc2)nc1C(=O)N[C@@H](Cc1ccccc1)C(=O)OC. The van der Waals surface area contributed by atoms with Crippen LogP contribution < -0.4 is 5.32 Å². The lowest BCUT2D eigenvalue weighted by molar-refractivity contribution is -0.142. The number of nitrogens with zero attached hydrogens (tertiary/aromatic N) is 1. The number of carbonyl (C=O) groups excluding carboxylic acids is 3. The standard InChI is InChI=1S/C22H21N3O5/c1-29-21(27)16(13-14-9-5-3-6-10-14)23-20(26)17-18(22(28)30-2)25-19(24-17)15-11-7-4-8-12-15/h3-12,16H,13H2,1-2H3,(H,23,26)(H,24,25)/t16-/m0/s1. The van der Waals surface area contributed by atoms with Crippen molar-refractivity contribution in [3.8, 4) is 11.4 Å². The van der Waals surface area contributed by atoms with Crippen molar-refractivity contribution in [3.05, 3.63) is 77.6 Å². The van der Waals surface area contributed by atoms with Gasteiger partial charge in [-0.15, -0.1) is 0 Å². The minimum absolute atomic E-state index is 0.0998. The highest BCUT2D eigenvalue weighted by atomic mass is 16.5. The number of hydrogen-bond acceptors (Lipinski definition) is 6. The lowest BCUT2D eigenvalue weighted by atomic mass is 10.1. The summed E-state index contributed by atoms with van der Waals surface area (Å²) in [4.78, 5) is 44.5. The zero-order chi connectivity index (χ0) is 21.5. The Hall–Kier alpha value is -3.94. The number of methoxy groups -OCH3 is 2. The normalized spacial score (nSPS) is 11.4. The number of aromatic nitrogens is 2. The van der Waals surface area contributed by atoms with Crippen molar-refractivity contribution in [2.75, 3.05) is 14.2 Å². The largest absolute Gasteiger partial charge is 0.467 e. The van der Waals surface area contributed by atoms with E-state index in [-0.39, 0.29) is 17.8 Å². The lowest BCUT2D eigenvalue weighted by Crippen LogP contribution is -2.43. The van der Waals surface area contributed by atoms with Gasteiger partial charge in [0.2, 0.25) is 0 Å². The Morgan fingerprint density at radius 3 is 2.20 bits per heavy atom. The highest BCUT2D eigenvalue weighted by Crippen LogP contribution is 2.19. The van der Waals surface area contributed by atoms with Gasteiger partial charge < -0.3 is 19.8 Å². The summed E-state index contributed by atoms with van der Waals surface area (Å²) in [5.41, 5.74) is 1.27. The molecule has 1 heterocycles. The summed E-state index contributed by atoms with van der Waals surface area (Å²) < 4.78 is 9.58. The van der Waals surface area contributed by atoms with Gasteiger partial charge in [-0.05, 0) is 5.56 Å². The molecule has 0 aliphatic rings. The van der Waals surface area contributed by atoms with Crippen LogP contribution >= 0.6 is 0 Å². The molecule has 1 amide bonds. The second-order valence-electron chi connectivity index (χ2n) is 6.41. The molecular formula is C22H21N3O5. The van der Waals surface area contributed by atoms with E-state index in [0.717, 1.165) is 5.56 Å². The monoisotopic (exact) mass is 407 g/mol. The minimum Gasteiger partial charge on any atom is -0.467 e. The van der Waals surface area contributed by atoms with E-state index in [1.165, 1.54) is 14.2 Å². The highest BCUT2D eigenvalue weighted by Gasteiger charge is 2.28. The predicted octanol–water partition coefficient (Wildman–Crippen LogP) is 2.38. The zero-order valence-corrected chi connectivity index (χ0v) is 16.5. The Morgan fingerprint density at radius 1 is 0.967 bits per heavy atom. The molecule has 3 rings (SSSR count). The Bertz CT molecular complexity index is 1030. The van der Waals surface area contributed by atoms with E-state index in [1.54, 1.807) is 12.1 Å². The fourth-order valence-electron chi connectivity index (χ4n) is 2.93. The number of aromatic amines is 1. The van der Waals surface area contributed by atoms with Crippen LogP contribution in [0.25, 0.3) is 11.4 Å². The molecule has 0 radical (unpaired) electrons. The minimum atomic E-state index is -0.952. The summed E-state index contributed by atoms with van der Waals surface area (Å²) in [5.74, 6) is -1.71. The average Bonchev–Trinajstić information content (AvgIpc) is 3.24. The molecule has 0 saturated carbocycles. The van der Waals surface area contributed by atoms with Gasteiger partial charge in [-0.25, -0.2) is 14.6 Å². The lowest BCUT2D eigenvalue weighted by Gasteiger charge is -2.16. The Morgan fingerprint density at radius 2 is 1.60 bits per heavy atom. The Labute approximate surface area is 173 Å². The molecule has 0 unspecified atom stereocenters. The van der Waals surface area contributed by atoms with Crippen LogP contribution in [-0.4, -0.2) is 48.1 Å². The highest BCUT2D eigenvalue weighted by molar-refractivity contribution is 6.04. The van der Waals surface area contributed by atoms with Crippen LogP contribution in [0.15, 0.2) is 60.7 Å². The fourth-order valence-corrected chi connectivity index (χ4v) is 2.93. The summed E-state index contributed by atoms with van der Waals surface area (Å²) >= 11 is 0. The average molecular weight is 407 g/mol. The van der Waals surface area contributed by atoms with Gasteiger partial charge in [0.25, 0.3) is 5.91 Å². The number of benzene rings is 2.